The molecule has 0 saturated carbocycles. The maximum Gasteiger partial charge on any atom is 0.406 e. The number of piperazine rings is 1. The number of halogens is 3. The smallest absolute Gasteiger partial charge is 0.349 e. The number of rotatable bonds is 4. The number of hydrogen-bond donors (Lipinski definition) is 1. The molecule has 7 nitrogen and oxygen atoms in total. The molecule has 1 aromatic heterocycles. The van der Waals surface area contributed by atoms with E-state index in [2.05, 4.69) is 15.3 Å². The Morgan fingerprint density at radius 2 is 2.07 bits per heavy atom. The maximum atomic E-state index is 12.6. The zero-order valence-corrected chi connectivity index (χ0v) is 16.3. The fourth-order valence-electron chi connectivity index (χ4n) is 3.65. The predicted molar refractivity (Wildman–Crippen MR) is 96.1 cm³/mol. The minimum atomic E-state index is -4.32. The lowest BCUT2D eigenvalue weighted by atomic mass is 9.96. The van der Waals surface area contributed by atoms with Crippen molar-refractivity contribution in [3.05, 3.63) is 18.2 Å². The monoisotopic (exact) mass is 388 g/mol. The van der Waals surface area contributed by atoms with Crippen molar-refractivity contribution in [3.8, 4) is 0 Å². The minimum absolute atomic E-state index is 0.0113. The summed E-state index contributed by atoms with van der Waals surface area (Å²) in [6.07, 6.45) is -1.69. The average molecular weight is 388 g/mol. The van der Waals surface area contributed by atoms with Crippen LogP contribution in [0.5, 0.6) is 0 Å². The first kappa shape index (κ1) is 21.0. The molecule has 0 atom stereocenters. The summed E-state index contributed by atoms with van der Waals surface area (Å²) < 4.78 is 39.0. The van der Waals surface area contributed by atoms with Crippen LogP contribution in [-0.4, -0.2) is 69.1 Å². The topological polar surface area (TPSA) is 65.8 Å². The number of amides is 1. The molecule has 1 saturated heterocycles. The Morgan fingerprint density at radius 3 is 2.59 bits per heavy atom. The highest BCUT2D eigenvalue weighted by molar-refractivity contribution is 5.88. The van der Waals surface area contributed by atoms with Gasteiger partial charge < -0.3 is 19.7 Å². The largest absolute Gasteiger partial charge is 0.406 e. The van der Waals surface area contributed by atoms with Gasteiger partial charge in [0.25, 0.3) is 0 Å². The Morgan fingerprint density at radius 1 is 1.41 bits per heavy atom. The second kappa shape index (κ2) is 7.77. The van der Waals surface area contributed by atoms with Crippen LogP contribution >= 0.6 is 0 Å². The van der Waals surface area contributed by atoms with E-state index in [4.69, 9.17) is 0 Å². The van der Waals surface area contributed by atoms with E-state index in [0.717, 1.165) is 4.57 Å². The summed E-state index contributed by atoms with van der Waals surface area (Å²) in [5.41, 5.74) is -0.393. The van der Waals surface area contributed by atoms with Crippen molar-refractivity contribution in [1.82, 2.24) is 24.7 Å². The van der Waals surface area contributed by atoms with Crippen LogP contribution in [0.4, 0.5) is 13.2 Å². The first-order valence-electron chi connectivity index (χ1n) is 8.79. The van der Waals surface area contributed by atoms with E-state index in [-0.39, 0.29) is 30.9 Å². The van der Waals surface area contributed by atoms with Crippen molar-refractivity contribution in [1.29, 1.82) is 0 Å². The summed E-state index contributed by atoms with van der Waals surface area (Å²) >= 11 is 0. The number of hydrogen-bond acceptors (Lipinski definition) is 3. The van der Waals surface area contributed by atoms with E-state index in [0.29, 0.717) is 12.5 Å². The third-order valence-corrected chi connectivity index (χ3v) is 4.41. The molecule has 1 aromatic rings. The summed E-state index contributed by atoms with van der Waals surface area (Å²) in [6, 6.07) is 0.0828. The molecule has 0 spiro atoms. The Labute approximate surface area is 157 Å². The van der Waals surface area contributed by atoms with Crippen LogP contribution in [0, 0.1) is 0 Å². The molecule has 0 radical (unpaired) electrons. The molecule has 27 heavy (non-hydrogen) atoms. The molecular formula is C17H27F3N6O. The van der Waals surface area contributed by atoms with Crippen molar-refractivity contribution in [2.45, 2.75) is 58.5 Å². The van der Waals surface area contributed by atoms with Crippen LogP contribution in [-0.2, 0) is 17.9 Å². The summed E-state index contributed by atoms with van der Waals surface area (Å²) in [5, 5.41) is 3.02. The average Bonchev–Trinajstić information content (AvgIpc) is 2.90. The van der Waals surface area contributed by atoms with Gasteiger partial charge in [0.15, 0.2) is 5.96 Å². The van der Waals surface area contributed by atoms with Gasteiger partial charge in [-0.2, -0.15) is 13.2 Å². The zero-order valence-electron chi connectivity index (χ0n) is 16.3. The van der Waals surface area contributed by atoms with Crippen molar-refractivity contribution in [2.24, 2.45) is 4.99 Å². The normalized spacial score (nSPS) is 18.4. The van der Waals surface area contributed by atoms with Crippen LogP contribution in [0.15, 0.2) is 17.4 Å². The van der Waals surface area contributed by atoms with Gasteiger partial charge in [0.1, 0.15) is 12.4 Å². The summed E-state index contributed by atoms with van der Waals surface area (Å²) in [7, 11) is 1.58. The molecule has 1 aliphatic rings. The number of alkyl halides is 3. The predicted octanol–water partition coefficient (Wildman–Crippen LogP) is 1.85. The SMILES string of the molecule is CN=C(NCc1nccn1CC(F)(F)F)N1CC(=O)N(C(C)C)C(C)(C)C1. The van der Waals surface area contributed by atoms with Crippen molar-refractivity contribution in [2.75, 3.05) is 20.1 Å². The van der Waals surface area contributed by atoms with Gasteiger partial charge in [0, 0.05) is 32.0 Å². The van der Waals surface area contributed by atoms with Crippen LogP contribution in [0.25, 0.3) is 0 Å². The van der Waals surface area contributed by atoms with Gasteiger partial charge in [0.05, 0.1) is 18.6 Å². The first-order chi connectivity index (χ1) is 12.4. The van der Waals surface area contributed by atoms with Crippen molar-refractivity contribution in [3.63, 3.8) is 0 Å². The molecule has 0 aliphatic carbocycles. The van der Waals surface area contributed by atoms with Gasteiger partial charge in [-0.25, -0.2) is 4.98 Å². The summed E-state index contributed by atoms with van der Waals surface area (Å²) in [6.45, 7) is 7.63. The van der Waals surface area contributed by atoms with Gasteiger partial charge >= 0.3 is 6.18 Å². The van der Waals surface area contributed by atoms with Gasteiger partial charge in [-0.15, -0.1) is 0 Å². The number of carbonyl (C=O) groups is 1. The number of imidazole rings is 1. The van der Waals surface area contributed by atoms with E-state index in [1.165, 1.54) is 12.4 Å². The van der Waals surface area contributed by atoms with Gasteiger partial charge in [-0.3, -0.25) is 9.79 Å². The van der Waals surface area contributed by atoms with Crippen LogP contribution in [0.2, 0.25) is 0 Å². The fraction of sp³-hybridized carbons (Fsp3) is 0.706. The van der Waals surface area contributed by atoms with Crippen molar-refractivity contribution < 1.29 is 18.0 Å². The lowest BCUT2D eigenvalue weighted by molar-refractivity contribution is -0.145. The van der Waals surface area contributed by atoms with Crippen LogP contribution < -0.4 is 5.32 Å². The van der Waals surface area contributed by atoms with Gasteiger partial charge in [-0.1, -0.05) is 0 Å². The number of nitrogens with zero attached hydrogens (tertiary/aromatic N) is 5. The lowest BCUT2D eigenvalue weighted by Crippen LogP contribution is -2.66. The van der Waals surface area contributed by atoms with Crippen LogP contribution in [0.1, 0.15) is 33.5 Å². The molecule has 0 unspecified atom stereocenters. The second-order valence-corrected chi connectivity index (χ2v) is 7.51. The Kier molecular flexibility index (Phi) is 6.06. The molecule has 0 bridgehead atoms. The Balaban J connectivity index is 2.07. The van der Waals surface area contributed by atoms with Gasteiger partial charge in [-0.05, 0) is 27.7 Å². The third kappa shape index (κ3) is 5.14. The molecule has 1 aliphatic heterocycles. The lowest BCUT2D eigenvalue weighted by Gasteiger charge is -2.49. The molecule has 2 rings (SSSR count). The first-order valence-corrected chi connectivity index (χ1v) is 8.79. The maximum absolute atomic E-state index is 12.6. The van der Waals surface area contributed by atoms with E-state index in [1.54, 1.807) is 7.05 Å². The highest BCUT2D eigenvalue weighted by atomic mass is 19.4. The number of aromatic nitrogens is 2. The molecule has 1 amide bonds. The third-order valence-electron chi connectivity index (χ3n) is 4.41. The van der Waals surface area contributed by atoms with E-state index < -0.39 is 18.3 Å². The molecule has 152 valence electrons. The van der Waals surface area contributed by atoms with Crippen LogP contribution in [0.3, 0.4) is 0 Å². The zero-order chi connectivity index (χ0) is 20.4. The number of carbonyl (C=O) groups excluding carboxylic acids is 1. The molecule has 2 heterocycles. The minimum Gasteiger partial charge on any atom is -0.349 e. The molecule has 10 heteroatoms. The molecule has 1 fully saturated rings. The fourth-order valence-corrected chi connectivity index (χ4v) is 3.65. The summed E-state index contributed by atoms with van der Waals surface area (Å²) in [4.78, 5) is 24.4. The number of aliphatic imine (C=N–C) groups is 1. The number of nitrogens with one attached hydrogen (secondary N) is 1. The van der Waals surface area contributed by atoms with Crippen molar-refractivity contribution >= 4 is 11.9 Å². The molecular weight excluding hydrogens is 361 g/mol. The van der Waals surface area contributed by atoms with E-state index >= 15 is 0 Å². The number of guanidine groups is 1. The standard InChI is InChI=1S/C17H27F3N6O/c1-12(2)26-14(27)9-25(10-16(26,3)4)15(21-5)23-8-13-22-6-7-24(13)11-17(18,19)20/h6-7,12H,8-11H2,1-5H3,(H,21,23). The summed E-state index contributed by atoms with van der Waals surface area (Å²) in [5.74, 6) is 0.698. The molecule has 0 aromatic carbocycles. The Bertz CT molecular complexity index is 695. The Hall–Kier alpha value is -2.26. The van der Waals surface area contributed by atoms with Gasteiger partial charge in [0.2, 0.25) is 5.91 Å². The van der Waals surface area contributed by atoms with E-state index in [1.807, 2.05) is 37.5 Å². The highest BCUT2D eigenvalue weighted by Gasteiger charge is 2.40. The quantitative estimate of drug-likeness (QED) is 0.632. The second-order valence-electron chi connectivity index (χ2n) is 7.51. The van der Waals surface area contributed by atoms with E-state index in [9.17, 15) is 18.0 Å². The molecule has 1 N–H and O–H groups in total. The highest BCUT2D eigenvalue weighted by Crippen LogP contribution is 2.24.